The Morgan fingerprint density at radius 3 is 2.53 bits per heavy atom. The Morgan fingerprint density at radius 1 is 1.35 bits per heavy atom. The van der Waals surface area contributed by atoms with Gasteiger partial charge in [-0.15, -0.1) is 0 Å². The van der Waals surface area contributed by atoms with Gasteiger partial charge in [0.1, 0.15) is 0 Å². The van der Waals surface area contributed by atoms with Gasteiger partial charge in [-0.2, -0.15) is 0 Å². The van der Waals surface area contributed by atoms with Gasteiger partial charge in [0.05, 0.1) is 7.11 Å². The molecule has 0 atom stereocenters. The molecule has 5 nitrogen and oxygen atoms in total. The molecule has 0 radical (unpaired) electrons. The predicted molar refractivity (Wildman–Crippen MR) is 67.5 cm³/mol. The Balaban J connectivity index is 2.30. The number of hydrogen-bond donors (Lipinski definition) is 1. The van der Waals surface area contributed by atoms with Crippen molar-refractivity contribution >= 4 is 5.97 Å². The molecule has 1 aliphatic heterocycles. The van der Waals surface area contributed by atoms with Crippen molar-refractivity contribution in [2.75, 3.05) is 46.9 Å². The van der Waals surface area contributed by atoms with Gasteiger partial charge in [0.15, 0.2) is 0 Å². The van der Waals surface area contributed by atoms with Crippen molar-refractivity contribution in [1.82, 2.24) is 15.3 Å². The zero-order chi connectivity index (χ0) is 12.7. The Hall–Kier alpha value is -0.910. The van der Waals surface area contributed by atoms with Gasteiger partial charge in [0.25, 0.3) is 0 Å². The first-order valence-electron chi connectivity index (χ1n) is 6.11. The fraction of sp³-hybridized carbons (Fsp3) is 0.750. The zero-order valence-electron chi connectivity index (χ0n) is 11.0. The molecular formula is C12H23N3O2. The third-order valence-corrected chi connectivity index (χ3v) is 3.00. The van der Waals surface area contributed by atoms with E-state index in [4.69, 9.17) is 4.74 Å². The molecule has 1 rings (SSSR count). The van der Waals surface area contributed by atoms with E-state index in [2.05, 4.69) is 22.4 Å². The summed E-state index contributed by atoms with van der Waals surface area (Å²) in [4.78, 5) is 13.6. The second-order valence-corrected chi connectivity index (χ2v) is 4.23. The number of methoxy groups -OCH3 is 1. The van der Waals surface area contributed by atoms with E-state index in [0.717, 1.165) is 31.8 Å². The summed E-state index contributed by atoms with van der Waals surface area (Å²) in [5.74, 6) is -0.229. The van der Waals surface area contributed by atoms with Gasteiger partial charge in [-0.3, -0.25) is 5.43 Å². The first kappa shape index (κ1) is 14.2. The summed E-state index contributed by atoms with van der Waals surface area (Å²) in [6.45, 7) is 6.83. The van der Waals surface area contributed by atoms with Gasteiger partial charge in [0, 0.05) is 38.3 Å². The first-order chi connectivity index (χ1) is 8.17. The van der Waals surface area contributed by atoms with Crippen molar-refractivity contribution in [2.45, 2.75) is 13.3 Å². The molecule has 0 bridgehead atoms. The number of esters is 1. The summed E-state index contributed by atoms with van der Waals surface area (Å²) in [5.41, 5.74) is 4.04. The number of carbonyl (C=O) groups excluding carboxylic acids is 1. The van der Waals surface area contributed by atoms with E-state index in [1.807, 2.05) is 13.0 Å². The van der Waals surface area contributed by atoms with Crippen LogP contribution in [0.15, 0.2) is 11.6 Å². The van der Waals surface area contributed by atoms with E-state index < -0.39 is 0 Å². The van der Waals surface area contributed by atoms with E-state index >= 15 is 0 Å². The van der Waals surface area contributed by atoms with Crippen molar-refractivity contribution in [3.63, 3.8) is 0 Å². The van der Waals surface area contributed by atoms with Gasteiger partial charge in [-0.1, -0.05) is 13.0 Å². The second-order valence-electron chi connectivity index (χ2n) is 4.23. The molecule has 0 amide bonds. The Labute approximate surface area is 103 Å². The number of nitrogens with one attached hydrogen (secondary N) is 1. The summed E-state index contributed by atoms with van der Waals surface area (Å²) in [6.07, 6.45) is 2.61. The lowest BCUT2D eigenvalue weighted by molar-refractivity contribution is -0.136. The monoisotopic (exact) mass is 241 g/mol. The number of hydrogen-bond acceptors (Lipinski definition) is 5. The first-order valence-corrected chi connectivity index (χ1v) is 6.11. The standard InChI is InChI=1S/C12H23N3O2/c1-4-11(12(16)17-3)5-6-13-15-9-7-14(2)8-10-15/h5,13H,4,6-10H2,1-3H3. The van der Waals surface area contributed by atoms with Crippen molar-refractivity contribution in [3.8, 4) is 0 Å². The van der Waals surface area contributed by atoms with Gasteiger partial charge in [-0.25, -0.2) is 9.80 Å². The number of nitrogens with zero attached hydrogens (tertiary/aromatic N) is 2. The lowest BCUT2D eigenvalue weighted by Gasteiger charge is -2.32. The molecule has 0 aromatic heterocycles. The van der Waals surface area contributed by atoms with E-state index in [-0.39, 0.29) is 5.97 Å². The van der Waals surface area contributed by atoms with Crippen LogP contribution in [-0.4, -0.2) is 62.8 Å². The van der Waals surface area contributed by atoms with Crippen LogP contribution >= 0.6 is 0 Å². The number of ether oxygens (including phenoxy) is 1. The highest BCUT2D eigenvalue weighted by molar-refractivity contribution is 5.88. The van der Waals surface area contributed by atoms with Crippen LogP contribution in [0.5, 0.6) is 0 Å². The van der Waals surface area contributed by atoms with Crippen LogP contribution in [0.3, 0.4) is 0 Å². The molecule has 0 saturated carbocycles. The van der Waals surface area contributed by atoms with Crippen molar-refractivity contribution in [3.05, 3.63) is 11.6 Å². The van der Waals surface area contributed by atoms with E-state index in [0.29, 0.717) is 13.0 Å². The maximum atomic E-state index is 11.3. The Morgan fingerprint density at radius 2 is 2.00 bits per heavy atom. The van der Waals surface area contributed by atoms with Crippen molar-refractivity contribution in [2.24, 2.45) is 0 Å². The number of rotatable bonds is 5. The summed E-state index contributed by atoms with van der Waals surface area (Å²) in [5, 5.41) is 2.20. The molecule has 1 saturated heterocycles. The highest BCUT2D eigenvalue weighted by atomic mass is 16.5. The number of hydrazine groups is 1. The third kappa shape index (κ3) is 4.85. The van der Waals surface area contributed by atoms with Crippen LogP contribution < -0.4 is 5.43 Å². The molecule has 0 aromatic carbocycles. The largest absolute Gasteiger partial charge is 0.466 e. The van der Waals surface area contributed by atoms with Crippen LogP contribution in [0.1, 0.15) is 13.3 Å². The van der Waals surface area contributed by atoms with E-state index in [9.17, 15) is 4.79 Å². The molecule has 17 heavy (non-hydrogen) atoms. The Kier molecular flexibility index (Phi) is 6.18. The fourth-order valence-electron chi connectivity index (χ4n) is 1.77. The van der Waals surface area contributed by atoms with Crippen molar-refractivity contribution in [1.29, 1.82) is 0 Å². The number of likely N-dealkylation sites (N-methyl/N-ethyl adjacent to an activating group) is 1. The maximum absolute atomic E-state index is 11.3. The molecular weight excluding hydrogens is 218 g/mol. The molecule has 1 heterocycles. The zero-order valence-corrected chi connectivity index (χ0v) is 11.0. The summed E-state index contributed by atoms with van der Waals surface area (Å²) >= 11 is 0. The minimum Gasteiger partial charge on any atom is -0.466 e. The summed E-state index contributed by atoms with van der Waals surface area (Å²) in [7, 11) is 3.55. The van der Waals surface area contributed by atoms with E-state index in [1.165, 1.54) is 7.11 Å². The van der Waals surface area contributed by atoms with Crippen LogP contribution in [-0.2, 0) is 9.53 Å². The van der Waals surface area contributed by atoms with Crippen LogP contribution in [0.25, 0.3) is 0 Å². The van der Waals surface area contributed by atoms with Crippen LogP contribution in [0, 0.1) is 0 Å². The van der Waals surface area contributed by atoms with Gasteiger partial charge < -0.3 is 9.64 Å². The normalized spacial score (nSPS) is 19.4. The fourth-order valence-corrected chi connectivity index (χ4v) is 1.77. The predicted octanol–water partition coefficient (Wildman–Crippen LogP) is 0.248. The highest BCUT2D eigenvalue weighted by Gasteiger charge is 2.12. The van der Waals surface area contributed by atoms with Gasteiger partial charge >= 0.3 is 5.97 Å². The van der Waals surface area contributed by atoms with Gasteiger partial charge in [-0.05, 0) is 13.5 Å². The average Bonchev–Trinajstić information content (AvgIpc) is 2.36. The second kappa shape index (κ2) is 7.42. The molecule has 0 spiro atoms. The molecule has 0 aliphatic carbocycles. The molecule has 0 aromatic rings. The topological polar surface area (TPSA) is 44.8 Å². The third-order valence-electron chi connectivity index (χ3n) is 3.00. The van der Waals surface area contributed by atoms with Gasteiger partial charge in [0.2, 0.25) is 0 Å². The smallest absolute Gasteiger partial charge is 0.333 e. The lowest BCUT2D eigenvalue weighted by Crippen LogP contribution is -2.50. The highest BCUT2D eigenvalue weighted by Crippen LogP contribution is 2.02. The summed E-state index contributed by atoms with van der Waals surface area (Å²) < 4.78 is 4.70. The van der Waals surface area contributed by atoms with Crippen LogP contribution in [0.4, 0.5) is 0 Å². The lowest BCUT2D eigenvalue weighted by atomic mass is 10.2. The SMILES string of the molecule is CCC(=CCNN1CCN(C)CC1)C(=O)OC. The molecule has 5 heteroatoms. The molecule has 0 unspecified atom stereocenters. The van der Waals surface area contributed by atoms with Crippen LogP contribution in [0.2, 0.25) is 0 Å². The van der Waals surface area contributed by atoms with E-state index in [1.54, 1.807) is 0 Å². The maximum Gasteiger partial charge on any atom is 0.333 e. The molecule has 1 aliphatic rings. The molecule has 1 fully saturated rings. The minimum absolute atomic E-state index is 0.229. The average molecular weight is 241 g/mol. The number of piperazine rings is 1. The Bertz CT molecular complexity index is 271. The molecule has 98 valence electrons. The van der Waals surface area contributed by atoms with Crippen molar-refractivity contribution < 1.29 is 9.53 Å². The number of carbonyl (C=O) groups is 1. The quantitative estimate of drug-likeness (QED) is 0.552. The summed E-state index contributed by atoms with van der Waals surface area (Å²) in [6, 6.07) is 0. The molecule has 1 N–H and O–H groups in total. The minimum atomic E-state index is -0.229.